The van der Waals surface area contributed by atoms with Gasteiger partial charge in [0.2, 0.25) is 0 Å². The largest absolute Gasteiger partial charge is 0.465 e. The summed E-state index contributed by atoms with van der Waals surface area (Å²) in [5.41, 5.74) is 2.32. The van der Waals surface area contributed by atoms with Crippen molar-refractivity contribution in [3.05, 3.63) is 65.7 Å². The number of azo groups is 1. The van der Waals surface area contributed by atoms with Gasteiger partial charge >= 0.3 is 5.97 Å². The number of nitrogens with zero attached hydrogens (tertiary/aromatic N) is 2. The van der Waals surface area contributed by atoms with Crippen molar-refractivity contribution in [2.45, 2.75) is 13.0 Å². The van der Waals surface area contributed by atoms with E-state index in [0.717, 1.165) is 5.56 Å². The van der Waals surface area contributed by atoms with E-state index in [1.807, 2.05) is 37.3 Å². The van der Waals surface area contributed by atoms with Gasteiger partial charge in [0.05, 0.1) is 24.4 Å². The molecule has 2 aromatic carbocycles. The average molecular weight is 268 g/mol. The Kier molecular flexibility index (Phi) is 4.60. The van der Waals surface area contributed by atoms with Crippen LogP contribution in [0.25, 0.3) is 0 Å². The van der Waals surface area contributed by atoms with Crippen LogP contribution in [-0.4, -0.2) is 13.1 Å². The predicted molar refractivity (Wildman–Crippen MR) is 77.2 cm³/mol. The molecule has 0 aliphatic carbocycles. The number of ether oxygens (including phenoxy) is 1. The third kappa shape index (κ3) is 3.51. The van der Waals surface area contributed by atoms with Gasteiger partial charge in [-0.15, -0.1) is 0 Å². The van der Waals surface area contributed by atoms with Crippen molar-refractivity contribution in [2.75, 3.05) is 7.11 Å². The summed E-state index contributed by atoms with van der Waals surface area (Å²) in [4.78, 5) is 11.3. The van der Waals surface area contributed by atoms with Crippen LogP contribution in [-0.2, 0) is 4.74 Å². The first kappa shape index (κ1) is 13.9. The Balaban J connectivity index is 2.06. The first-order valence-corrected chi connectivity index (χ1v) is 6.35. The van der Waals surface area contributed by atoms with Crippen LogP contribution in [0.3, 0.4) is 0 Å². The normalized spacial score (nSPS) is 12.3. The number of methoxy groups -OCH3 is 1. The highest BCUT2D eigenvalue weighted by atomic mass is 16.5. The minimum atomic E-state index is -0.355. The zero-order valence-corrected chi connectivity index (χ0v) is 11.5. The van der Waals surface area contributed by atoms with Crippen LogP contribution in [0.1, 0.15) is 28.9 Å². The molecule has 1 unspecified atom stereocenters. The van der Waals surface area contributed by atoms with Crippen LogP contribution >= 0.6 is 0 Å². The summed E-state index contributed by atoms with van der Waals surface area (Å²) in [6.45, 7) is 1.99. The van der Waals surface area contributed by atoms with Crippen LogP contribution in [0.2, 0.25) is 0 Å². The summed E-state index contributed by atoms with van der Waals surface area (Å²) in [7, 11) is 1.36. The molecule has 0 spiro atoms. The van der Waals surface area contributed by atoms with E-state index in [0.29, 0.717) is 11.3 Å². The number of hydrogen-bond donors (Lipinski definition) is 0. The van der Waals surface area contributed by atoms with E-state index in [1.165, 1.54) is 7.11 Å². The molecule has 1 atom stereocenters. The fraction of sp³-hybridized carbons (Fsp3) is 0.188. The lowest BCUT2D eigenvalue weighted by molar-refractivity contribution is 0.0601. The summed E-state index contributed by atoms with van der Waals surface area (Å²) >= 11 is 0. The molecule has 4 heteroatoms. The monoisotopic (exact) mass is 268 g/mol. The molecule has 0 saturated heterocycles. The molecule has 0 bridgehead atoms. The summed E-state index contributed by atoms with van der Waals surface area (Å²) in [6.07, 6.45) is 0. The maximum absolute atomic E-state index is 11.3. The zero-order chi connectivity index (χ0) is 14.4. The van der Waals surface area contributed by atoms with E-state index in [2.05, 4.69) is 15.0 Å². The van der Waals surface area contributed by atoms with E-state index >= 15 is 0 Å². The molecule has 0 aromatic heterocycles. The van der Waals surface area contributed by atoms with E-state index in [9.17, 15) is 4.79 Å². The fourth-order valence-corrected chi connectivity index (χ4v) is 1.73. The highest BCUT2D eigenvalue weighted by Gasteiger charge is 2.05. The van der Waals surface area contributed by atoms with Crippen molar-refractivity contribution in [3.63, 3.8) is 0 Å². The second-order valence-electron chi connectivity index (χ2n) is 4.34. The second-order valence-corrected chi connectivity index (χ2v) is 4.34. The average Bonchev–Trinajstić information content (AvgIpc) is 2.53. The summed E-state index contributed by atoms with van der Waals surface area (Å²) in [6, 6.07) is 16.8. The third-order valence-electron chi connectivity index (χ3n) is 2.92. The third-order valence-corrected chi connectivity index (χ3v) is 2.92. The highest BCUT2D eigenvalue weighted by Crippen LogP contribution is 2.20. The van der Waals surface area contributed by atoms with Gasteiger partial charge < -0.3 is 4.74 Å². The van der Waals surface area contributed by atoms with Crippen molar-refractivity contribution in [1.29, 1.82) is 0 Å². The van der Waals surface area contributed by atoms with Crippen LogP contribution in [0.15, 0.2) is 64.8 Å². The van der Waals surface area contributed by atoms with Crippen LogP contribution < -0.4 is 0 Å². The Bertz CT molecular complexity index is 592. The molecule has 0 heterocycles. The number of esters is 1. The second kappa shape index (κ2) is 6.61. The Morgan fingerprint density at radius 3 is 2.30 bits per heavy atom. The lowest BCUT2D eigenvalue weighted by Crippen LogP contribution is -1.99. The maximum Gasteiger partial charge on any atom is 0.337 e. The van der Waals surface area contributed by atoms with E-state index in [4.69, 9.17) is 0 Å². The van der Waals surface area contributed by atoms with Gasteiger partial charge in [0.1, 0.15) is 0 Å². The molecule has 20 heavy (non-hydrogen) atoms. The lowest BCUT2D eigenvalue weighted by atomic mass is 10.1. The summed E-state index contributed by atoms with van der Waals surface area (Å²) in [5.74, 6) is -0.355. The number of carbonyl (C=O) groups is 1. The molecule has 2 rings (SSSR count). The fourth-order valence-electron chi connectivity index (χ4n) is 1.73. The van der Waals surface area contributed by atoms with Crippen LogP contribution in [0.4, 0.5) is 5.69 Å². The van der Waals surface area contributed by atoms with Gasteiger partial charge in [0, 0.05) is 0 Å². The Hall–Kier alpha value is -2.49. The van der Waals surface area contributed by atoms with Gasteiger partial charge in [0.25, 0.3) is 0 Å². The number of rotatable bonds is 4. The summed E-state index contributed by atoms with van der Waals surface area (Å²) in [5, 5.41) is 8.45. The SMILES string of the molecule is COC(=O)c1ccc(N=NC(C)c2ccccc2)cc1. The van der Waals surface area contributed by atoms with Gasteiger partial charge in [-0.3, -0.25) is 0 Å². The molecule has 102 valence electrons. The molecule has 2 aromatic rings. The molecular weight excluding hydrogens is 252 g/mol. The smallest absolute Gasteiger partial charge is 0.337 e. The standard InChI is InChI=1S/C16H16N2O2/c1-12(13-6-4-3-5-7-13)17-18-15-10-8-14(9-11-15)16(19)20-2/h3-12H,1-2H3. The quantitative estimate of drug-likeness (QED) is 0.612. The Morgan fingerprint density at radius 2 is 1.70 bits per heavy atom. The molecule has 0 amide bonds. The molecule has 0 saturated carbocycles. The van der Waals surface area contributed by atoms with Gasteiger partial charge in [-0.2, -0.15) is 10.2 Å². The maximum atomic E-state index is 11.3. The topological polar surface area (TPSA) is 51.0 Å². The van der Waals surface area contributed by atoms with Crippen LogP contribution in [0.5, 0.6) is 0 Å². The first-order valence-electron chi connectivity index (χ1n) is 6.35. The highest BCUT2D eigenvalue weighted by molar-refractivity contribution is 5.89. The van der Waals surface area contributed by atoms with Gasteiger partial charge in [-0.1, -0.05) is 30.3 Å². The summed E-state index contributed by atoms with van der Waals surface area (Å²) < 4.78 is 4.64. The van der Waals surface area contributed by atoms with Gasteiger partial charge in [-0.25, -0.2) is 4.79 Å². The van der Waals surface area contributed by atoms with Crippen molar-refractivity contribution in [1.82, 2.24) is 0 Å². The molecule has 0 N–H and O–H groups in total. The van der Waals surface area contributed by atoms with E-state index in [1.54, 1.807) is 24.3 Å². The van der Waals surface area contributed by atoms with Crippen molar-refractivity contribution in [2.24, 2.45) is 10.2 Å². The first-order chi connectivity index (χ1) is 9.70. The van der Waals surface area contributed by atoms with Crippen LogP contribution in [0, 0.1) is 0 Å². The number of benzene rings is 2. The Labute approximate surface area is 118 Å². The van der Waals surface area contributed by atoms with E-state index < -0.39 is 0 Å². The number of hydrogen-bond acceptors (Lipinski definition) is 4. The Morgan fingerprint density at radius 1 is 1.05 bits per heavy atom. The minimum absolute atomic E-state index is 0.00326. The molecular formula is C16H16N2O2. The minimum Gasteiger partial charge on any atom is -0.465 e. The number of carbonyl (C=O) groups excluding carboxylic acids is 1. The zero-order valence-electron chi connectivity index (χ0n) is 11.5. The van der Waals surface area contributed by atoms with Crippen molar-refractivity contribution in [3.8, 4) is 0 Å². The lowest BCUT2D eigenvalue weighted by Gasteiger charge is -2.04. The molecule has 0 radical (unpaired) electrons. The molecule has 0 aliphatic rings. The van der Waals surface area contributed by atoms with Crippen molar-refractivity contribution >= 4 is 11.7 Å². The van der Waals surface area contributed by atoms with Crippen molar-refractivity contribution < 1.29 is 9.53 Å². The predicted octanol–water partition coefficient (Wildman–Crippen LogP) is 4.32. The van der Waals surface area contributed by atoms with Gasteiger partial charge in [-0.05, 0) is 36.8 Å². The van der Waals surface area contributed by atoms with E-state index in [-0.39, 0.29) is 12.0 Å². The molecule has 0 fully saturated rings. The molecule has 4 nitrogen and oxygen atoms in total. The van der Waals surface area contributed by atoms with Gasteiger partial charge in [0.15, 0.2) is 0 Å². The molecule has 0 aliphatic heterocycles.